The highest BCUT2D eigenvalue weighted by atomic mass is 16.3. The first-order valence-electron chi connectivity index (χ1n) is 12.6. The maximum absolute atomic E-state index is 12.4. The molecule has 7 rings (SSSR count). The van der Waals surface area contributed by atoms with Crippen molar-refractivity contribution in [3.8, 4) is 0 Å². The fourth-order valence-electron chi connectivity index (χ4n) is 8.74. The Balaban J connectivity index is 1.27. The van der Waals surface area contributed by atoms with Gasteiger partial charge in [-0.15, -0.1) is 0 Å². The van der Waals surface area contributed by atoms with Gasteiger partial charge >= 0.3 is 0 Å². The van der Waals surface area contributed by atoms with Crippen LogP contribution in [0.2, 0.25) is 0 Å². The van der Waals surface area contributed by atoms with Crippen molar-refractivity contribution in [3.05, 3.63) is 47.3 Å². The minimum atomic E-state index is -0.698. The number of hydrogen-bond donors (Lipinski definition) is 3. The number of H-pyrrole nitrogens is 1. The van der Waals surface area contributed by atoms with Crippen LogP contribution < -0.4 is 0 Å². The van der Waals surface area contributed by atoms with E-state index in [0.29, 0.717) is 11.8 Å². The fraction of sp³-hybridized carbons (Fsp3) is 0.607. The fourth-order valence-corrected chi connectivity index (χ4v) is 8.74. The molecule has 3 fully saturated rings. The van der Waals surface area contributed by atoms with Crippen LogP contribution in [0.3, 0.4) is 0 Å². The number of aromatic nitrogens is 2. The van der Waals surface area contributed by atoms with Gasteiger partial charge in [-0.1, -0.05) is 25.1 Å². The second-order valence-corrected chi connectivity index (χ2v) is 11.8. The third kappa shape index (κ3) is 2.38. The lowest BCUT2D eigenvalue weighted by Gasteiger charge is -2.49. The highest BCUT2D eigenvalue weighted by molar-refractivity contribution is 5.83. The van der Waals surface area contributed by atoms with E-state index >= 15 is 0 Å². The van der Waals surface area contributed by atoms with Crippen LogP contribution in [0.1, 0.15) is 69.7 Å². The Kier molecular flexibility index (Phi) is 3.76. The minimum absolute atomic E-state index is 0.0436. The molecule has 7 atom stereocenters. The van der Waals surface area contributed by atoms with Gasteiger partial charge in [-0.3, -0.25) is 0 Å². The molecule has 5 aliphatic carbocycles. The molecule has 0 saturated heterocycles. The zero-order chi connectivity index (χ0) is 21.9. The molecule has 3 saturated carbocycles. The summed E-state index contributed by atoms with van der Waals surface area (Å²) < 4.78 is 0. The number of nitrogens with zero attached hydrogens (tertiary/aromatic N) is 1. The van der Waals surface area contributed by atoms with E-state index < -0.39 is 5.60 Å². The van der Waals surface area contributed by atoms with Gasteiger partial charge in [0.1, 0.15) is 5.82 Å². The van der Waals surface area contributed by atoms with Crippen molar-refractivity contribution in [2.75, 3.05) is 0 Å². The summed E-state index contributed by atoms with van der Waals surface area (Å²) >= 11 is 0. The van der Waals surface area contributed by atoms with Crippen LogP contribution in [-0.4, -0.2) is 31.9 Å². The largest absolute Gasteiger partial charge is 0.393 e. The van der Waals surface area contributed by atoms with Gasteiger partial charge in [-0.05, 0) is 104 Å². The number of aromatic amines is 1. The van der Waals surface area contributed by atoms with Gasteiger partial charge in [-0.25, -0.2) is 4.98 Å². The van der Waals surface area contributed by atoms with E-state index in [1.54, 1.807) is 0 Å². The molecule has 0 bridgehead atoms. The summed E-state index contributed by atoms with van der Waals surface area (Å²) in [6.45, 7) is 4.39. The van der Waals surface area contributed by atoms with E-state index in [1.807, 2.05) is 6.92 Å². The minimum Gasteiger partial charge on any atom is -0.393 e. The van der Waals surface area contributed by atoms with Crippen molar-refractivity contribution in [3.63, 3.8) is 0 Å². The molecule has 4 nitrogen and oxygen atoms in total. The summed E-state index contributed by atoms with van der Waals surface area (Å²) in [6, 6.07) is 6.58. The highest BCUT2D eigenvalue weighted by Gasteiger charge is 2.68. The second kappa shape index (κ2) is 6.15. The summed E-state index contributed by atoms with van der Waals surface area (Å²) in [5.74, 6) is 2.36. The SMILES string of the molecule is Cc1nc2ccc(C3=CCC4C3(C)CC=C3C5CC56CC(O)CCC6CC[C@@]34O)cc2[nH]1. The van der Waals surface area contributed by atoms with Crippen LogP contribution in [0.4, 0.5) is 0 Å². The summed E-state index contributed by atoms with van der Waals surface area (Å²) in [6.07, 6.45) is 12.9. The highest BCUT2D eigenvalue weighted by Crippen LogP contribution is 2.74. The van der Waals surface area contributed by atoms with Gasteiger partial charge < -0.3 is 15.2 Å². The third-order valence-electron chi connectivity index (χ3n) is 10.3. The number of allylic oxidation sites excluding steroid dienone is 3. The number of rotatable bonds is 1. The van der Waals surface area contributed by atoms with Gasteiger partial charge in [0.05, 0.1) is 22.7 Å². The monoisotopic (exact) mass is 430 g/mol. The molecule has 6 unspecified atom stereocenters. The standard InChI is InChI=1S/C28H34N2O2/c1-16-29-23-7-3-17(13-24(23)30-16)20-6-8-25-26(20,2)11-10-21-22-15-27(22)14-19(31)5-4-18(27)9-12-28(21,25)32/h3,6-7,10,13,18-19,22,25,31-32H,4-5,8-9,11-12,14-15H2,1-2H3,(H,29,30)/t18?,19?,22?,25?,26?,27?,28-/m1/s1. The Morgan fingerprint density at radius 1 is 1.12 bits per heavy atom. The van der Waals surface area contributed by atoms with Gasteiger partial charge in [0.2, 0.25) is 0 Å². The molecule has 0 radical (unpaired) electrons. The number of hydrogen-bond acceptors (Lipinski definition) is 3. The number of fused-ring (bicyclic) bond motifs is 5. The van der Waals surface area contributed by atoms with Crippen molar-refractivity contribution < 1.29 is 10.2 Å². The molecular weight excluding hydrogens is 396 g/mol. The molecule has 1 aromatic carbocycles. The Bertz CT molecular complexity index is 1190. The van der Waals surface area contributed by atoms with E-state index in [9.17, 15) is 10.2 Å². The third-order valence-corrected chi connectivity index (χ3v) is 10.3. The van der Waals surface area contributed by atoms with Crippen LogP contribution in [0, 0.1) is 35.5 Å². The summed E-state index contributed by atoms with van der Waals surface area (Å²) in [7, 11) is 0. The second-order valence-electron chi connectivity index (χ2n) is 11.8. The lowest BCUT2D eigenvalue weighted by molar-refractivity contribution is -0.0389. The van der Waals surface area contributed by atoms with E-state index in [2.05, 4.69) is 47.2 Å². The van der Waals surface area contributed by atoms with E-state index in [0.717, 1.165) is 61.8 Å². The van der Waals surface area contributed by atoms with Crippen LogP contribution in [-0.2, 0) is 0 Å². The van der Waals surface area contributed by atoms with Crippen molar-refractivity contribution >= 4 is 16.6 Å². The Morgan fingerprint density at radius 3 is 2.88 bits per heavy atom. The van der Waals surface area contributed by atoms with Crippen molar-refractivity contribution in [2.24, 2.45) is 28.6 Å². The average molecular weight is 431 g/mol. The molecular formula is C28H34N2O2. The molecule has 168 valence electrons. The normalized spacial score (nSPS) is 44.6. The number of aliphatic hydroxyl groups is 2. The molecule has 2 aromatic rings. The molecule has 1 spiro atoms. The Labute approximate surface area is 189 Å². The number of aryl methyl sites for hydroxylation is 1. The smallest absolute Gasteiger partial charge is 0.104 e. The summed E-state index contributed by atoms with van der Waals surface area (Å²) in [5, 5.41) is 22.8. The molecule has 1 heterocycles. The number of benzene rings is 1. The molecule has 0 aliphatic heterocycles. The lowest BCUT2D eigenvalue weighted by Crippen LogP contribution is -2.49. The zero-order valence-electron chi connectivity index (χ0n) is 19.2. The van der Waals surface area contributed by atoms with E-state index in [-0.39, 0.29) is 22.9 Å². The maximum Gasteiger partial charge on any atom is 0.104 e. The lowest BCUT2D eigenvalue weighted by atomic mass is 9.58. The quantitative estimate of drug-likeness (QED) is 0.538. The number of nitrogens with one attached hydrogen (secondary N) is 1. The molecule has 0 amide bonds. The van der Waals surface area contributed by atoms with Gasteiger partial charge in [-0.2, -0.15) is 0 Å². The molecule has 32 heavy (non-hydrogen) atoms. The van der Waals surface area contributed by atoms with Crippen molar-refractivity contribution in [1.82, 2.24) is 9.97 Å². The molecule has 3 N–H and O–H groups in total. The van der Waals surface area contributed by atoms with E-state index in [1.165, 1.54) is 23.1 Å². The van der Waals surface area contributed by atoms with Crippen LogP contribution in [0.25, 0.3) is 16.6 Å². The Hall–Kier alpha value is -1.91. The topological polar surface area (TPSA) is 69.1 Å². The van der Waals surface area contributed by atoms with E-state index in [4.69, 9.17) is 0 Å². The van der Waals surface area contributed by atoms with Gasteiger partial charge in [0.15, 0.2) is 0 Å². The van der Waals surface area contributed by atoms with Gasteiger partial charge in [0.25, 0.3) is 0 Å². The predicted molar refractivity (Wildman–Crippen MR) is 126 cm³/mol. The van der Waals surface area contributed by atoms with Crippen LogP contribution in [0.15, 0.2) is 35.9 Å². The summed E-state index contributed by atoms with van der Waals surface area (Å²) in [4.78, 5) is 7.96. The number of aliphatic hydroxyl groups excluding tert-OH is 1. The zero-order valence-corrected chi connectivity index (χ0v) is 19.2. The molecule has 5 aliphatic rings. The van der Waals surface area contributed by atoms with Crippen LogP contribution in [0.5, 0.6) is 0 Å². The van der Waals surface area contributed by atoms with Crippen molar-refractivity contribution in [1.29, 1.82) is 0 Å². The average Bonchev–Trinajstić information content (AvgIpc) is 3.13. The first-order chi connectivity index (χ1) is 15.3. The summed E-state index contributed by atoms with van der Waals surface area (Å²) in [5.41, 5.74) is 5.64. The molecule has 4 heteroatoms. The van der Waals surface area contributed by atoms with Gasteiger partial charge in [0, 0.05) is 11.3 Å². The molecule has 1 aromatic heterocycles. The predicted octanol–water partition coefficient (Wildman–Crippen LogP) is 5.30. The Morgan fingerprint density at radius 2 is 2.00 bits per heavy atom. The van der Waals surface area contributed by atoms with Crippen molar-refractivity contribution in [2.45, 2.75) is 76.9 Å². The first kappa shape index (κ1) is 19.5. The van der Waals surface area contributed by atoms with Crippen LogP contribution >= 0.6 is 0 Å². The first-order valence-corrected chi connectivity index (χ1v) is 12.6. The maximum atomic E-state index is 12.4. The number of imidazole rings is 1.